The third-order valence-electron chi connectivity index (χ3n) is 5.14. The van der Waals surface area contributed by atoms with Crippen LogP contribution in [0.3, 0.4) is 0 Å². The van der Waals surface area contributed by atoms with E-state index in [-0.39, 0.29) is 5.91 Å². The third kappa shape index (κ3) is 3.92. The van der Waals surface area contributed by atoms with Gasteiger partial charge in [0.15, 0.2) is 5.82 Å². The number of ether oxygens (including phenoxy) is 3. The molecule has 8 nitrogen and oxygen atoms in total. The number of aromatic nitrogens is 3. The number of hydrogen-bond acceptors (Lipinski definition) is 5. The van der Waals surface area contributed by atoms with Crippen LogP contribution in [0.4, 0.5) is 5.82 Å². The van der Waals surface area contributed by atoms with E-state index in [9.17, 15) is 4.79 Å². The summed E-state index contributed by atoms with van der Waals surface area (Å²) in [5.41, 5.74) is 3.26. The van der Waals surface area contributed by atoms with Crippen molar-refractivity contribution < 1.29 is 19.0 Å². The first-order chi connectivity index (χ1) is 15.1. The van der Waals surface area contributed by atoms with Gasteiger partial charge in [0.1, 0.15) is 17.2 Å². The normalized spacial score (nSPS) is 10.8. The molecule has 0 radical (unpaired) electrons. The fourth-order valence-corrected chi connectivity index (χ4v) is 3.57. The summed E-state index contributed by atoms with van der Waals surface area (Å²) in [5.74, 6) is 1.99. The highest BCUT2D eigenvalue weighted by atomic mass is 16.5. The Labute approximate surface area is 179 Å². The Hall–Kier alpha value is -3.94. The van der Waals surface area contributed by atoms with Gasteiger partial charge in [0.2, 0.25) is 0 Å². The Morgan fingerprint density at radius 1 is 0.968 bits per heavy atom. The molecule has 0 fully saturated rings. The highest BCUT2D eigenvalue weighted by Gasteiger charge is 2.15. The maximum absolute atomic E-state index is 12.7. The fourth-order valence-electron chi connectivity index (χ4n) is 3.57. The number of aromatic amines is 1. The van der Waals surface area contributed by atoms with Crippen molar-refractivity contribution in [3.8, 4) is 28.6 Å². The lowest BCUT2D eigenvalue weighted by Gasteiger charge is -2.08. The molecule has 4 aromatic rings. The summed E-state index contributed by atoms with van der Waals surface area (Å²) in [6.07, 6.45) is 0. The lowest BCUT2D eigenvalue weighted by atomic mass is 10.2. The Morgan fingerprint density at radius 2 is 1.68 bits per heavy atom. The van der Waals surface area contributed by atoms with E-state index in [4.69, 9.17) is 14.2 Å². The van der Waals surface area contributed by atoms with Gasteiger partial charge in [-0.3, -0.25) is 9.89 Å². The van der Waals surface area contributed by atoms with Crippen molar-refractivity contribution in [2.24, 2.45) is 0 Å². The van der Waals surface area contributed by atoms with E-state index < -0.39 is 0 Å². The average Bonchev–Trinajstić information content (AvgIpc) is 3.41. The van der Waals surface area contributed by atoms with Crippen LogP contribution in [-0.4, -0.2) is 42.0 Å². The zero-order valence-corrected chi connectivity index (χ0v) is 17.9. The number of aryl methyl sites for hydroxylation is 1. The van der Waals surface area contributed by atoms with E-state index in [0.29, 0.717) is 22.9 Å². The molecule has 8 heteroatoms. The number of anilines is 1. The minimum absolute atomic E-state index is 0.309. The molecule has 0 atom stereocenters. The second-order valence-corrected chi connectivity index (χ2v) is 6.92. The Kier molecular flexibility index (Phi) is 5.53. The number of methoxy groups -OCH3 is 3. The molecule has 0 saturated heterocycles. The van der Waals surface area contributed by atoms with Crippen LogP contribution in [0.5, 0.6) is 17.2 Å². The summed E-state index contributed by atoms with van der Waals surface area (Å²) in [4.78, 5) is 12.7. The molecule has 0 aliphatic rings. The largest absolute Gasteiger partial charge is 0.497 e. The molecule has 0 bridgehead atoms. The lowest BCUT2D eigenvalue weighted by molar-refractivity contribution is 0.102. The molecule has 1 amide bonds. The molecule has 31 heavy (non-hydrogen) atoms. The fraction of sp³-hybridized carbons (Fsp3) is 0.217. The van der Waals surface area contributed by atoms with Crippen LogP contribution in [0.25, 0.3) is 22.3 Å². The van der Waals surface area contributed by atoms with E-state index in [1.54, 1.807) is 39.5 Å². The van der Waals surface area contributed by atoms with Crippen LogP contribution in [0.1, 0.15) is 17.3 Å². The minimum Gasteiger partial charge on any atom is -0.497 e. The van der Waals surface area contributed by atoms with Gasteiger partial charge in [0.25, 0.3) is 5.91 Å². The van der Waals surface area contributed by atoms with Gasteiger partial charge in [-0.15, -0.1) is 0 Å². The number of H-pyrrole nitrogens is 1. The Balaban J connectivity index is 1.62. The van der Waals surface area contributed by atoms with E-state index in [1.165, 1.54) is 0 Å². The molecule has 2 aromatic carbocycles. The molecule has 2 N–H and O–H groups in total. The minimum atomic E-state index is -0.309. The van der Waals surface area contributed by atoms with Crippen molar-refractivity contribution in [1.29, 1.82) is 0 Å². The second-order valence-electron chi connectivity index (χ2n) is 6.92. The number of nitrogens with one attached hydrogen (secondary N) is 2. The van der Waals surface area contributed by atoms with E-state index in [2.05, 4.69) is 33.1 Å². The highest BCUT2D eigenvalue weighted by Crippen LogP contribution is 2.31. The molecule has 0 saturated carbocycles. The molecule has 0 unspecified atom stereocenters. The number of benzene rings is 2. The molecule has 0 spiro atoms. The van der Waals surface area contributed by atoms with Gasteiger partial charge in [0.05, 0.1) is 38.2 Å². The molecule has 0 aliphatic carbocycles. The van der Waals surface area contributed by atoms with Crippen LogP contribution < -0.4 is 19.5 Å². The first-order valence-corrected chi connectivity index (χ1v) is 9.83. The number of fused-ring (bicyclic) bond motifs is 1. The Morgan fingerprint density at radius 3 is 2.32 bits per heavy atom. The topological polar surface area (TPSA) is 90.4 Å². The van der Waals surface area contributed by atoms with Gasteiger partial charge in [0, 0.05) is 35.7 Å². The summed E-state index contributed by atoms with van der Waals surface area (Å²) < 4.78 is 18.0. The number of rotatable bonds is 7. The molecular formula is C23H24N4O4. The maximum atomic E-state index is 12.7. The second kappa shape index (κ2) is 8.43. The zero-order chi connectivity index (χ0) is 22.0. The quantitative estimate of drug-likeness (QED) is 0.464. The van der Waals surface area contributed by atoms with Crippen molar-refractivity contribution in [1.82, 2.24) is 14.8 Å². The summed E-state index contributed by atoms with van der Waals surface area (Å²) in [5, 5.41) is 11.2. The van der Waals surface area contributed by atoms with Crippen molar-refractivity contribution >= 4 is 22.6 Å². The lowest BCUT2D eigenvalue weighted by Crippen LogP contribution is -2.12. The first kappa shape index (κ1) is 20.3. The Bertz CT molecular complexity index is 1220. The first-order valence-electron chi connectivity index (χ1n) is 9.83. The summed E-state index contributed by atoms with van der Waals surface area (Å²) in [6.45, 7) is 2.86. The average molecular weight is 420 g/mol. The number of carbonyl (C=O) groups excluding carboxylic acids is 1. The molecule has 4 rings (SSSR count). The number of carbonyl (C=O) groups is 1. The van der Waals surface area contributed by atoms with Gasteiger partial charge in [-0.25, -0.2) is 0 Å². The monoisotopic (exact) mass is 420 g/mol. The van der Waals surface area contributed by atoms with Crippen LogP contribution in [0, 0.1) is 0 Å². The standard InChI is InChI=1S/C23H24N4O4/c1-5-27-20-12-16(29-2)7-6-14(20)10-21(27)19-13-22(26-25-19)24-23(28)15-8-17(30-3)11-18(9-15)31-4/h6-13H,5H2,1-4H3,(H2,24,25,26,28). The van der Waals surface area contributed by atoms with Gasteiger partial charge in [-0.05, 0) is 37.3 Å². The molecule has 160 valence electrons. The van der Waals surface area contributed by atoms with E-state index in [0.717, 1.165) is 34.6 Å². The maximum Gasteiger partial charge on any atom is 0.257 e. The molecule has 2 heterocycles. The third-order valence-corrected chi connectivity index (χ3v) is 5.14. The van der Waals surface area contributed by atoms with Crippen LogP contribution in [0.15, 0.2) is 48.5 Å². The predicted octanol–water partition coefficient (Wildman–Crippen LogP) is 4.33. The van der Waals surface area contributed by atoms with E-state index in [1.807, 2.05) is 24.3 Å². The molecule has 0 aliphatic heterocycles. The number of hydrogen-bond donors (Lipinski definition) is 2. The van der Waals surface area contributed by atoms with Crippen molar-refractivity contribution in [2.75, 3.05) is 26.6 Å². The smallest absolute Gasteiger partial charge is 0.257 e. The van der Waals surface area contributed by atoms with Crippen LogP contribution in [0.2, 0.25) is 0 Å². The summed E-state index contributed by atoms with van der Waals surface area (Å²) in [7, 11) is 4.74. The van der Waals surface area contributed by atoms with Crippen molar-refractivity contribution in [3.63, 3.8) is 0 Å². The van der Waals surface area contributed by atoms with Crippen LogP contribution in [-0.2, 0) is 6.54 Å². The SMILES string of the molecule is CCn1c(-c2cc(NC(=O)c3cc(OC)cc(OC)c3)n[nH]2)cc2ccc(OC)cc21. The van der Waals surface area contributed by atoms with Crippen molar-refractivity contribution in [3.05, 3.63) is 54.1 Å². The van der Waals surface area contributed by atoms with Gasteiger partial charge in [-0.1, -0.05) is 0 Å². The summed E-state index contributed by atoms with van der Waals surface area (Å²) in [6, 6.07) is 14.9. The molecule has 2 aromatic heterocycles. The van der Waals surface area contributed by atoms with Gasteiger partial charge in [-0.2, -0.15) is 5.10 Å². The van der Waals surface area contributed by atoms with Gasteiger partial charge < -0.3 is 24.1 Å². The predicted molar refractivity (Wildman–Crippen MR) is 119 cm³/mol. The number of amides is 1. The summed E-state index contributed by atoms with van der Waals surface area (Å²) >= 11 is 0. The van der Waals surface area contributed by atoms with Crippen LogP contribution >= 0.6 is 0 Å². The van der Waals surface area contributed by atoms with E-state index >= 15 is 0 Å². The van der Waals surface area contributed by atoms with Crippen molar-refractivity contribution in [2.45, 2.75) is 13.5 Å². The molecular weight excluding hydrogens is 396 g/mol. The number of nitrogens with zero attached hydrogens (tertiary/aromatic N) is 2. The zero-order valence-electron chi connectivity index (χ0n) is 17.9. The highest BCUT2D eigenvalue weighted by molar-refractivity contribution is 6.04. The van der Waals surface area contributed by atoms with Gasteiger partial charge >= 0.3 is 0 Å².